The fourth-order valence-electron chi connectivity index (χ4n) is 9.17. The third-order valence-corrected chi connectivity index (χ3v) is 14.0. The summed E-state index contributed by atoms with van der Waals surface area (Å²) in [5, 5.41) is 18.8. The first-order valence-corrected chi connectivity index (χ1v) is 28.9. The van der Waals surface area contributed by atoms with Crippen molar-refractivity contribution in [3.63, 3.8) is 0 Å². The zero-order valence-electron chi connectivity index (χ0n) is 45.5. The lowest BCUT2D eigenvalue weighted by Crippen LogP contribution is -2.05. The van der Waals surface area contributed by atoms with Crippen LogP contribution in [0.2, 0.25) is 0 Å². The first kappa shape index (κ1) is 57.9. The highest BCUT2D eigenvalue weighted by Gasteiger charge is 2.26. The number of ether oxygens (including phenoxy) is 5. The maximum Gasteiger partial charge on any atom is 0.346 e. The highest BCUT2D eigenvalue weighted by atomic mass is 32.1. The molecule has 0 radical (unpaired) electrons. The monoisotopic (exact) mass is 1040 g/mol. The standard InChI is InChI=1S/C64H81N3O7S/c1-6-11-16-21-36-70-51-30-32-55(59(44-51)72-38-23-18-13-8-3)57-42-49(54-35-34-53(61-62(54)67-75-66-61)48-28-26-47(27-29-48)41-50(46-65)64(68)69)43-58(63(57)74-40-25-20-15-10-5)56-33-31-52(71-37-22-17-12-7-2)45-60(56)73-39-24-19-14-9-4/h26-35,41-45H,6-25,36-40H2,1-5H3,(H,68,69)/b50-41+. The van der Waals surface area contributed by atoms with Crippen molar-refractivity contribution in [1.82, 2.24) is 0 Å². The summed E-state index contributed by atoms with van der Waals surface area (Å²) in [5.74, 6) is 2.54. The number of rotatable bonds is 36. The molecule has 6 rings (SSSR count). The second kappa shape index (κ2) is 32.1. The van der Waals surface area contributed by atoms with Gasteiger partial charge in [-0.05, 0) is 91.3 Å². The van der Waals surface area contributed by atoms with Gasteiger partial charge in [-0.15, -0.1) is 0 Å². The number of hydrogen-bond donors (Lipinski definition) is 1. The molecule has 0 aliphatic carbocycles. The van der Waals surface area contributed by atoms with Crippen LogP contribution >= 0.6 is 0 Å². The molecule has 1 N–H and O–H groups in total. The summed E-state index contributed by atoms with van der Waals surface area (Å²) in [5.41, 5.74) is 8.99. The average Bonchev–Trinajstić information content (AvgIpc) is 3.93. The van der Waals surface area contributed by atoms with Crippen molar-refractivity contribution in [3.05, 3.63) is 96.1 Å². The normalized spacial score (nSPS) is 11.8. The van der Waals surface area contributed by atoms with Crippen LogP contribution in [0.3, 0.4) is 0 Å². The first-order chi connectivity index (χ1) is 36.8. The number of benzene rings is 5. The van der Waals surface area contributed by atoms with Crippen LogP contribution in [0, 0.1) is 11.3 Å². The van der Waals surface area contributed by atoms with E-state index in [9.17, 15) is 15.2 Å². The molecule has 75 heavy (non-hydrogen) atoms. The highest BCUT2D eigenvalue weighted by Crippen LogP contribution is 2.52. The van der Waals surface area contributed by atoms with Gasteiger partial charge >= 0.3 is 5.97 Å². The van der Waals surface area contributed by atoms with E-state index in [-0.39, 0.29) is 5.57 Å². The molecule has 0 saturated heterocycles. The second-order valence-electron chi connectivity index (χ2n) is 19.5. The molecule has 0 aromatic heterocycles. The van der Waals surface area contributed by atoms with Gasteiger partial charge in [0.15, 0.2) is 0 Å². The molecule has 1 heterocycles. The number of nitriles is 1. The molecule has 400 valence electrons. The van der Waals surface area contributed by atoms with Crippen LogP contribution in [-0.2, 0) is 16.1 Å². The molecule has 5 aromatic carbocycles. The Hall–Kier alpha value is -6.38. The Morgan fingerprint density at radius 2 is 0.880 bits per heavy atom. The number of carboxylic acid groups (broad SMARTS) is 1. The molecule has 5 aromatic rings. The lowest BCUT2D eigenvalue weighted by Gasteiger charge is -2.23. The summed E-state index contributed by atoms with van der Waals surface area (Å²) < 4.78 is 43.5. The van der Waals surface area contributed by atoms with Crippen molar-refractivity contribution in [1.29, 1.82) is 5.26 Å². The largest absolute Gasteiger partial charge is 0.493 e. The van der Waals surface area contributed by atoms with E-state index in [1.54, 1.807) is 6.07 Å². The number of carboxylic acids is 1. The van der Waals surface area contributed by atoms with Crippen LogP contribution in [0.5, 0.6) is 28.7 Å². The van der Waals surface area contributed by atoms with Gasteiger partial charge in [0.25, 0.3) is 0 Å². The van der Waals surface area contributed by atoms with E-state index in [1.165, 1.54) is 43.1 Å². The van der Waals surface area contributed by atoms with E-state index in [4.69, 9.17) is 32.4 Å². The van der Waals surface area contributed by atoms with Crippen molar-refractivity contribution >= 4 is 34.8 Å². The van der Waals surface area contributed by atoms with E-state index >= 15 is 0 Å². The molecule has 0 fully saturated rings. The van der Waals surface area contributed by atoms with Gasteiger partial charge in [0.05, 0.1) is 44.4 Å². The molecule has 0 atom stereocenters. The van der Waals surface area contributed by atoms with Gasteiger partial charge in [0.2, 0.25) is 0 Å². The fourth-order valence-corrected chi connectivity index (χ4v) is 9.75. The van der Waals surface area contributed by atoms with Crippen molar-refractivity contribution in [2.45, 2.75) is 163 Å². The number of aliphatic carboxylic acids is 1. The minimum absolute atomic E-state index is 0.328. The van der Waals surface area contributed by atoms with Gasteiger partial charge in [-0.3, -0.25) is 0 Å². The second-order valence-corrected chi connectivity index (χ2v) is 20.0. The average molecular weight is 1040 g/mol. The lowest BCUT2D eigenvalue weighted by atomic mass is 9.89. The topological polar surface area (TPSA) is 132 Å². The lowest BCUT2D eigenvalue weighted by molar-refractivity contribution is -0.132. The molecule has 10 nitrogen and oxygen atoms in total. The van der Waals surface area contributed by atoms with Crippen LogP contribution in [0.1, 0.15) is 169 Å². The molecule has 0 unspecified atom stereocenters. The molecule has 0 bridgehead atoms. The molecule has 0 spiro atoms. The van der Waals surface area contributed by atoms with Gasteiger partial charge in [-0.2, -0.15) is 14.0 Å². The zero-order valence-corrected chi connectivity index (χ0v) is 46.3. The van der Waals surface area contributed by atoms with Crippen molar-refractivity contribution in [3.8, 4) is 79.3 Å². The van der Waals surface area contributed by atoms with E-state index in [2.05, 4.69) is 95.3 Å². The van der Waals surface area contributed by atoms with Gasteiger partial charge in [0, 0.05) is 45.5 Å². The molecular formula is C64H81N3O7S. The van der Waals surface area contributed by atoms with Crippen molar-refractivity contribution in [2.75, 3.05) is 33.0 Å². The SMILES string of the molecule is CCCCCCOc1ccc(-c2cc(-c3ccc(-c4ccc(/C=C(\C#N)C(=O)O)cc4)c4c3N=S=N4)cc(-c3ccc(OCCCCCC)cc3OCCCCCC)c2OCCCCCC)c(OCCCCCC)c1. The predicted octanol–water partition coefficient (Wildman–Crippen LogP) is 18.9. The van der Waals surface area contributed by atoms with Crippen LogP contribution < -0.4 is 23.7 Å². The van der Waals surface area contributed by atoms with Crippen molar-refractivity contribution in [2.24, 2.45) is 8.73 Å². The van der Waals surface area contributed by atoms with Gasteiger partial charge < -0.3 is 28.8 Å². The fraction of sp³-hybridized carbons (Fsp3) is 0.469. The number of hydrogen-bond acceptors (Lipinski definition) is 9. The van der Waals surface area contributed by atoms with Crippen LogP contribution in [-0.4, -0.2) is 44.1 Å². The van der Waals surface area contributed by atoms with Crippen LogP contribution in [0.4, 0.5) is 11.4 Å². The summed E-state index contributed by atoms with van der Waals surface area (Å²) in [6.45, 7) is 14.1. The Morgan fingerprint density at radius 3 is 1.29 bits per heavy atom. The van der Waals surface area contributed by atoms with Gasteiger partial charge in [-0.1, -0.05) is 167 Å². The van der Waals surface area contributed by atoms with Crippen LogP contribution in [0.25, 0.3) is 50.6 Å². The van der Waals surface area contributed by atoms with Gasteiger partial charge in [0.1, 0.15) is 51.8 Å². The molecular weight excluding hydrogens is 955 g/mol. The Morgan fingerprint density at radius 1 is 0.480 bits per heavy atom. The Kier molecular flexibility index (Phi) is 24.8. The van der Waals surface area contributed by atoms with Gasteiger partial charge in [-0.25, -0.2) is 4.79 Å². The quantitative estimate of drug-likeness (QED) is 0.0234. The van der Waals surface area contributed by atoms with Crippen LogP contribution in [0.15, 0.2) is 99.2 Å². The Balaban J connectivity index is 1.57. The summed E-state index contributed by atoms with van der Waals surface area (Å²) in [7, 11) is 0. The summed E-state index contributed by atoms with van der Waals surface area (Å²) >= 11 is 1.17. The van der Waals surface area contributed by atoms with Crippen molar-refractivity contribution < 1.29 is 33.6 Å². The molecule has 11 heteroatoms. The highest BCUT2D eigenvalue weighted by molar-refractivity contribution is 7.58. The summed E-state index contributed by atoms with van der Waals surface area (Å²) in [6.07, 6.45) is 23.2. The third-order valence-electron chi connectivity index (χ3n) is 13.5. The van der Waals surface area contributed by atoms with E-state index in [0.29, 0.717) is 38.6 Å². The molecule has 1 aliphatic heterocycles. The minimum atomic E-state index is -1.26. The first-order valence-electron chi connectivity index (χ1n) is 28.2. The number of nitrogens with zero attached hydrogens (tertiary/aromatic N) is 3. The Labute approximate surface area is 451 Å². The van der Waals surface area contributed by atoms with E-state index in [1.807, 2.05) is 24.3 Å². The molecule has 0 saturated carbocycles. The Bertz CT molecular complexity index is 2640. The minimum Gasteiger partial charge on any atom is -0.493 e. The summed E-state index contributed by atoms with van der Waals surface area (Å²) in [4.78, 5) is 11.6. The molecule has 0 amide bonds. The number of carbonyl (C=O) groups is 1. The smallest absolute Gasteiger partial charge is 0.346 e. The number of unbranched alkanes of at least 4 members (excludes halogenated alkanes) is 15. The van der Waals surface area contributed by atoms with E-state index < -0.39 is 5.97 Å². The zero-order chi connectivity index (χ0) is 53.0. The van der Waals surface area contributed by atoms with E-state index in [0.717, 1.165) is 187 Å². The maximum atomic E-state index is 11.6. The number of fused-ring (bicyclic) bond motifs is 1. The summed E-state index contributed by atoms with van der Waals surface area (Å²) in [6, 6.07) is 30.4. The third kappa shape index (κ3) is 17.3. The molecule has 1 aliphatic rings. The maximum absolute atomic E-state index is 11.6. The predicted molar refractivity (Wildman–Crippen MR) is 309 cm³/mol.